The zero-order valence-electron chi connectivity index (χ0n) is 6.45. The summed E-state index contributed by atoms with van der Waals surface area (Å²) >= 11 is -0.661. The van der Waals surface area contributed by atoms with Crippen LogP contribution in [-0.2, 0) is 0 Å². The fourth-order valence-electron chi connectivity index (χ4n) is 0.957. The quantitative estimate of drug-likeness (QED) is 0.572. The van der Waals surface area contributed by atoms with Gasteiger partial charge in [0.05, 0.1) is 0 Å². The number of rotatable bonds is 4. The molecule has 0 amide bonds. The number of nitrogens with zero attached hydrogens (tertiary/aromatic N) is 2. The van der Waals surface area contributed by atoms with Crippen molar-refractivity contribution in [3.05, 3.63) is 18.5 Å². The Morgan fingerprint density at radius 1 is 1.60 bits per heavy atom. The average Bonchev–Trinajstić information content (AvgIpc) is 2.41. The molecule has 1 heterocycles. The third-order valence-electron chi connectivity index (χ3n) is 1.55. The van der Waals surface area contributed by atoms with E-state index in [4.69, 9.17) is 0 Å². The van der Waals surface area contributed by atoms with Gasteiger partial charge in [-0.1, -0.05) is 0 Å². The molecule has 0 saturated carbocycles. The monoisotopic (exact) mass is 246 g/mol. The van der Waals surface area contributed by atoms with Crippen LogP contribution in [0, 0.1) is 0 Å². The van der Waals surface area contributed by atoms with Gasteiger partial charge in [0, 0.05) is 0 Å². The summed E-state index contributed by atoms with van der Waals surface area (Å²) in [5.74, 6) is 0. The molecule has 0 aromatic carbocycles. The van der Waals surface area contributed by atoms with E-state index >= 15 is 0 Å². The second kappa shape index (κ2) is 4.77. The number of aromatic nitrogens is 2. The second-order valence-electron chi connectivity index (χ2n) is 2.48. The molecule has 1 aromatic heterocycles. The van der Waals surface area contributed by atoms with Crippen molar-refractivity contribution in [2.45, 2.75) is 24.2 Å². The molecule has 0 aliphatic rings. The Labute approximate surface area is 72.2 Å². The van der Waals surface area contributed by atoms with Crippen LogP contribution in [0.15, 0.2) is 18.5 Å². The molecule has 0 fully saturated rings. The Bertz CT molecular complexity index is 160. The second-order valence-corrected chi connectivity index (χ2v) is 7.62. The van der Waals surface area contributed by atoms with Crippen LogP contribution in [0.3, 0.4) is 0 Å². The van der Waals surface area contributed by atoms with E-state index in [9.17, 15) is 0 Å². The Kier molecular flexibility index (Phi) is 3.87. The predicted octanol–water partition coefficient (Wildman–Crippen LogP) is 1.03. The van der Waals surface area contributed by atoms with Crippen molar-refractivity contribution in [3.8, 4) is 0 Å². The first-order chi connectivity index (χ1) is 4.93. The summed E-state index contributed by atoms with van der Waals surface area (Å²) in [6, 6.07) is 2.02. The molecule has 0 saturated heterocycles. The van der Waals surface area contributed by atoms with E-state index in [2.05, 4.69) is 21.1 Å². The molecule has 0 N–H and O–H groups in total. The van der Waals surface area contributed by atoms with Crippen LogP contribution in [0.2, 0.25) is 4.44 Å². The third-order valence-corrected chi connectivity index (χ3v) is 6.26. The van der Waals surface area contributed by atoms with E-state index in [0.29, 0.717) is 0 Å². The summed E-state index contributed by atoms with van der Waals surface area (Å²) in [5, 5.41) is 4.20. The fourth-order valence-corrected chi connectivity index (χ4v) is 5.32. The van der Waals surface area contributed by atoms with Crippen LogP contribution in [0.4, 0.5) is 0 Å². The molecule has 56 valence electrons. The maximum atomic E-state index is 4.20. The van der Waals surface area contributed by atoms with Crippen LogP contribution in [0.1, 0.15) is 19.8 Å². The van der Waals surface area contributed by atoms with Crippen molar-refractivity contribution in [3.63, 3.8) is 0 Å². The van der Waals surface area contributed by atoms with Crippen LogP contribution in [0.5, 0.6) is 0 Å². The third kappa shape index (κ3) is 2.73. The van der Waals surface area contributed by atoms with E-state index in [0.717, 1.165) is 0 Å². The normalized spacial score (nSPS) is 11.3. The van der Waals surface area contributed by atoms with E-state index in [-0.39, 0.29) is 0 Å². The zero-order chi connectivity index (χ0) is 7.23. The van der Waals surface area contributed by atoms with Gasteiger partial charge in [0.1, 0.15) is 0 Å². The molecule has 10 heavy (non-hydrogen) atoms. The Hall–Kier alpha value is 0.00870. The minimum atomic E-state index is -0.661. The van der Waals surface area contributed by atoms with E-state index < -0.39 is 21.4 Å². The number of hydrogen-bond donors (Lipinski definition) is 0. The zero-order valence-corrected chi connectivity index (χ0v) is 10.5. The van der Waals surface area contributed by atoms with E-state index in [1.807, 2.05) is 12.3 Å². The molecule has 1 rings (SSSR count). The van der Waals surface area contributed by atoms with E-state index in [1.165, 1.54) is 17.3 Å². The van der Waals surface area contributed by atoms with Gasteiger partial charge in [0.15, 0.2) is 0 Å². The van der Waals surface area contributed by atoms with Crippen molar-refractivity contribution in [1.29, 1.82) is 0 Å². The molecular formula is C7H14N2Sn. The first-order valence-electron chi connectivity index (χ1n) is 3.91. The van der Waals surface area contributed by atoms with Gasteiger partial charge in [0.2, 0.25) is 0 Å². The number of unbranched alkanes of at least 4 members (excludes halogenated alkanes) is 1. The maximum absolute atomic E-state index is 4.20. The molecular weight excluding hydrogens is 231 g/mol. The Balaban J connectivity index is 2.15. The average molecular weight is 245 g/mol. The first kappa shape index (κ1) is 8.11. The van der Waals surface area contributed by atoms with Crippen molar-refractivity contribution in [2.75, 3.05) is 0 Å². The summed E-state index contributed by atoms with van der Waals surface area (Å²) in [4.78, 5) is 0. The molecule has 0 aliphatic carbocycles. The van der Waals surface area contributed by atoms with Crippen LogP contribution >= 0.6 is 0 Å². The van der Waals surface area contributed by atoms with Gasteiger partial charge >= 0.3 is 72.1 Å². The van der Waals surface area contributed by atoms with Crippen molar-refractivity contribution < 1.29 is 0 Å². The minimum absolute atomic E-state index is 0.661. The summed E-state index contributed by atoms with van der Waals surface area (Å²) in [7, 11) is 0. The fraction of sp³-hybridized carbons (Fsp3) is 0.571. The van der Waals surface area contributed by atoms with Gasteiger partial charge in [-0.05, 0) is 0 Å². The van der Waals surface area contributed by atoms with Crippen LogP contribution in [-0.4, -0.2) is 29.4 Å². The molecule has 0 atom stereocenters. The number of hydrogen-bond acceptors (Lipinski definition) is 1. The molecule has 0 bridgehead atoms. The van der Waals surface area contributed by atoms with Crippen LogP contribution in [0.25, 0.3) is 0 Å². The molecule has 0 aliphatic heterocycles. The summed E-state index contributed by atoms with van der Waals surface area (Å²) in [6.07, 6.45) is 6.71. The summed E-state index contributed by atoms with van der Waals surface area (Å²) in [5.41, 5.74) is 0. The van der Waals surface area contributed by atoms with Crippen molar-refractivity contribution in [1.82, 2.24) is 8.00 Å². The topological polar surface area (TPSA) is 17.8 Å². The van der Waals surface area contributed by atoms with Gasteiger partial charge in [0.25, 0.3) is 0 Å². The Morgan fingerprint density at radius 3 is 3.10 bits per heavy atom. The summed E-state index contributed by atoms with van der Waals surface area (Å²) in [6.45, 7) is 2.24. The van der Waals surface area contributed by atoms with Gasteiger partial charge < -0.3 is 0 Å². The molecule has 0 spiro atoms. The van der Waals surface area contributed by atoms with Gasteiger partial charge in [-0.25, -0.2) is 0 Å². The molecule has 1 aromatic rings. The Morgan fingerprint density at radius 2 is 2.50 bits per heavy atom. The van der Waals surface area contributed by atoms with Crippen molar-refractivity contribution >= 4 is 21.4 Å². The van der Waals surface area contributed by atoms with Crippen LogP contribution < -0.4 is 0 Å². The van der Waals surface area contributed by atoms with E-state index in [1.54, 1.807) is 0 Å². The van der Waals surface area contributed by atoms with Gasteiger partial charge in [-0.2, -0.15) is 0 Å². The van der Waals surface area contributed by atoms with Gasteiger partial charge in [-0.3, -0.25) is 0 Å². The molecule has 0 unspecified atom stereocenters. The standard InChI is InChI=1S/C4H9.C3H3N2.Sn.2H/c1-3-4-2;1-2-4-5-3-1;;;/h1,3-4H2,2H3;1-3H;;;/q;-1;+1;;. The first-order valence-corrected chi connectivity index (χ1v) is 8.57. The van der Waals surface area contributed by atoms with Crippen molar-refractivity contribution in [2.24, 2.45) is 0 Å². The molecule has 3 heteroatoms. The predicted molar refractivity (Wildman–Crippen MR) is 45.9 cm³/mol. The molecule has 0 radical (unpaired) electrons. The molecule has 2 nitrogen and oxygen atoms in total. The summed E-state index contributed by atoms with van der Waals surface area (Å²) < 4.78 is 3.65. The van der Waals surface area contributed by atoms with Gasteiger partial charge in [-0.15, -0.1) is 0 Å². The SMILES string of the molecule is CCC[CH2][SnH2][n]1cccn1.